The van der Waals surface area contributed by atoms with Crippen LogP contribution in [0.15, 0.2) is 40.2 Å². The van der Waals surface area contributed by atoms with Crippen LogP contribution >= 0.6 is 27.3 Å². The summed E-state index contributed by atoms with van der Waals surface area (Å²) in [6.07, 6.45) is 0. The van der Waals surface area contributed by atoms with E-state index in [0.29, 0.717) is 13.1 Å². The predicted octanol–water partition coefficient (Wildman–Crippen LogP) is 3.55. The molecular formula is C14H15BrN2OS. The highest BCUT2D eigenvalue weighted by Gasteiger charge is 2.04. The summed E-state index contributed by atoms with van der Waals surface area (Å²) in [6.45, 7) is 2.99. The number of benzene rings is 1. The van der Waals surface area contributed by atoms with E-state index in [4.69, 9.17) is 0 Å². The Balaban J connectivity index is 1.77. The lowest BCUT2D eigenvalue weighted by Gasteiger charge is -2.08. The van der Waals surface area contributed by atoms with Crippen LogP contribution in [-0.2, 0) is 11.3 Å². The molecule has 3 nitrogen and oxygen atoms in total. The van der Waals surface area contributed by atoms with Gasteiger partial charge in [0.2, 0.25) is 5.91 Å². The third-order valence-corrected chi connectivity index (χ3v) is 4.32. The van der Waals surface area contributed by atoms with Crippen LogP contribution in [0.1, 0.15) is 10.4 Å². The van der Waals surface area contributed by atoms with E-state index in [9.17, 15) is 4.79 Å². The second-order valence-corrected chi connectivity index (χ2v) is 6.11. The van der Waals surface area contributed by atoms with E-state index in [0.717, 1.165) is 15.7 Å². The molecule has 1 amide bonds. The zero-order valence-electron chi connectivity index (χ0n) is 10.6. The summed E-state index contributed by atoms with van der Waals surface area (Å²) in [7, 11) is 0. The van der Waals surface area contributed by atoms with Crippen LogP contribution in [0.25, 0.3) is 0 Å². The van der Waals surface area contributed by atoms with E-state index >= 15 is 0 Å². The number of halogens is 1. The molecule has 1 aromatic carbocycles. The molecule has 2 rings (SSSR count). The molecule has 0 aliphatic rings. The lowest BCUT2D eigenvalue weighted by Crippen LogP contribution is -2.27. The Bertz CT molecular complexity index is 568. The van der Waals surface area contributed by atoms with Crippen LogP contribution < -0.4 is 10.6 Å². The van der Waals surface area contributed by atoms with Crippen LogP contribution in [0.5, 0.6) is 0 Å². The molecule has 0 unspecified atom stereocenters. The lowest BCUT2D eigenvalue weighted by atomic mass is 10.2. The van der Waals surface area contributed by atoms with Gasteiger partial charge < -0.3 is 10.6 Å². The molecule has 0 spiro atoms. The van der Waals surface area contributed by atoms with Gasteiger partial charge in [-0.05, 0) is 40.5 Å². The van der Waals surface area contributed by atoms with E-state index < -0.39 is 0 Å². The summed E-state index contributed by atoms with van der Waals surface area (Å²) in [6, 6.07) is 9.81. The number of hydrogen-bond donors (Lipinski definition) is 2. The van der Waals surface area contributed by atoms with Crippen LogP contribution in [0.3, 0.4) is 0 Å². The molecule has 2 aromatic rings. The SMILES string of the molecule is Cc1ccccc1NC(=O)CNCc1cc(Br)cs1. The van der Waals surface area contributed by atoms with Gasteiger partial charge in [-0.15, -0.1) is 11.3 Å². The minimum atomic E-state index is -0.0232. The lowest BCUT2D eigenvalue weighted by molar-refractivity contribution is -0.115. The summed E-state index contributed by atoms with van der Waals surface area (Å²) >= 11 is 5.08. The second-order valence-electron chi connectivity index (χ2n) is 4.20. The monoisotopic (exact) mass is 338 g/mol. The molecule has 100 valence electrons. The van der Waals surface area contributed by atoms with Gasteiger partial charge in [-0.1, -0.05) is 18.2 Å². The molecule has 0 radical (unpaired) electrons. The molecule has 0 fully saturated rings. The Morgan fingerprint density at radius 1 is 1.37 bits per heavy atom. The standard InChI is InChI=1S/C14H15BrN2OS/c1-10-4-2-3-5-13(10)17-14(18)8-16-7-12-6-11(15)9-19-12/h2-6,9,16H,7-8H2,1H3,(H,17,18). The number of aryl methyl sites for hydroxylation is 1. The molecular weight excluding hydrogens is 324 g/mol. The molecule has 19 heavy (non-hydrogen) atoms. The van der Waals surface area contributed by atoms with Crippen molar-refractivity contribution in [2.45, 2.75) is 13.5 Å². The van der Waals surface area contributed by atoms with Crippen molar-refractivity contribution in [3.05, 3.63) is 50.6 Å². The molecule has 0 saturated heterocycles. The van der Waals surface area contributed by atoms with Gasteiger partial charge in [0.25, 0.3) is 0 Å². The fourth-order valence-electron chi connectivity index (χ4n) is 1.65. The fraction of sp³-hybridized carbons (Fsp3) is 0.214. The van der Waals surface area contributed by atoms with Gasteiger partial charge in [-0.25, -0.2) is 0 Å². The second kappa shape index (κ2) is 6.84. The van der Waals surface area contributed by atoms with E-state index in [1.807, 2.05) is 36.6 Å². The number of carbonyl (C=O) groups is 1. The van der Waals surface area contributed by atoms with Crippen molar-refractivity contribution in [1.82, 2.24) is 5.32 Å². The van der Waals surface area contributed by atoms with Crippen molar-refractivity contribution in [2.75, 3.05) is 11.9 Å². The first kappa shape index (κ1) is 14.2. The van der Waals surface area contributed by atoms with Gasteiger partial charge in [0, 0.05) is 27.0 Å². The largest absolute Gasteiger partial charge is 0.325 e. The normalized spacial score (nSPS) is 10.4. The number of rotatable bonds is 5. The summed E-state index contributed by atoms with van der Waals surface area (Å²) in [4.78, 5) is 13.0. The summed E-state index contributed by atoms with van der Waals surface area (Å²) in [5.74, 6) is -0.0232. The number of hydrogen-bond acceptors (Lipinski definition) is 3. The first-order valence-corrected chi connectivity index (χ1v) is 7.61. The number of para-hydroxylation sites is 1. The van der Waals surface area contributed by atoms with Crippen LogP contribution in [0.4, 0.5) is 5.69 Å². The maximum absolute atomic E-state index is 11.8. The summed E-state index contributed by atoms with van der Waals surface area (Å²) < 4.78 is 1.08. The minimum absolute atomic E-state index is 0.0232. The van der Waals surface area contributed by atoms with Crippen molar-refractivity contribution in [1.29, 1.82) is 0 Å². The van der Waals surface area contributed by atoms with Gasteiger partial charge >= 0.3 is 0 Å². The first-order chi connectivity index (χ1) is 9.15. The van der Waals surface area contributed by atoms with E-state index in [2.05, 4.69) is 32.6 Å². The average molecular weight is 339 g/mol. The number of nitrogens with one attached hydrogen (secondary N) is 2. The number of anilines is 1. The van der Waals surface area contributed by atoms with Crippen LogP contribution in [-0.4, -0.2) is 12.5 Å². The molecule has 0 aliphatic carbocycles. The Labute approximate surface area is 125 Å². The maximum atomic E-state index is 11.8. The predicted molar refractivity (Wildman–Crippen MR) is 83.5 cm³/mol. The van der Waals surface area contributed by atoms with E-state index in [1.54, 1.807) is 11.3 Å². The highest BCUT2D eigenvalue weighted by molar-refractivity contribution is 9.10. The molecule has 1 heterocycles. The highest BCUT2D eigenvalue weighted by atomic mass is 79.9. The van der Waals surface area contributed by atoms with Crippen molar-refractivity contribution >= 4 is 38.9 Å². The Hall–Kier alpha value is -1.17. The van der Waals surface area contributed by atoms with Crippen molar-refractivity contribution in [2.24, 2.45) is 0 Å². The van der Waals surface area contributed by atoms with E-state index in [-0.39, 0.29) is 5.91 Å². The Morgan fingerprint density at radius 2 is 2.16 bits per heavy atom. The molecule has 5 heteroatoms. The third-order valence-electron chi connectivity index (χ3n) is 2.63. The summed E-state index contributed by atoms with van der Waals surface area (Å²) in [5, 5.41) is 8.06. The molecule has 0 saturated carbocycles. The van der Waals surface area contributed by atoms with E-state index in [1.165, 1.54) is 4.88 Å². The smallest absolute Gasteiger partial charge is 0.238 e. The number of thiophene rings is 1. The van der Waals surface area contributed by atoms with Gasteiger partial charge in [0.1, 0.15) is 0 Å². The third kappa shape index (κ3) is 4.45. The number of amides is 1. The van der Waals surface area contributed by atoms with Crippen LogP contribution in [0, 0.1) is 6.92 Å². The fourth-order valence-corrected chi connectivity index (χ4v) is 3.07. The first-order valence-electron chi connectivity index (χ1n) is 5.94. The van der Waals surface area contributed by atoms with Gasteiger partial charge in [0.05, 0.1) is 6.54 Å². The molecule has 0 atom stereocenters. The Morgan fingerprint density at radius 3 is 2.84 bits per heavy atom. The van der Waals surface area contributed by atoms with Gasteiger partial charge in [-0.2, -0.15) is 0 Å². The molecule has 1 aromatic heterocycles. The minimum Gasteiger partial charge on any atom is -0.325 e. The maximum Gasteiger partial charge on any atom is 0.238 e. The Kier molecular flexibility index (Phi) is 5.13. The average Bonchev–Trinajstić information content (AvgIpc) is 2.78. The number of carbonyl (C=O) groups excluding carboxylic acids is 1. The van der Waals surface area contributed by atoms with Crippen molar-refractivity contribution in [3.63, 3.8) is 0 Å². The topological polar surface area (TPSA) is 41.1 Å². The van der Waals surface area contributed by atoms with Gasteiger partial charge in [0.15, 0.2) is 0 Å². The molecule has 0 bridgehead atoms. The molecule has 2 N–H and O–H groups in total. The molecule has 0 aliphatic heterocycles. The zero-order chi connectivity index (χ0) is 13.7. The zero-order valence-corrected chi connectivity index (χ0v) is 13.0. The van der Waals surface area contributed by atoms with Crippen molar-refractivity contribution in [3.8, 4) is 0 Å². The van der Waals surface area contributed by atoms with Gasteiger partial charge in [-0.3, -0.25) is 4.79 Å². The van der Waals surface area contributed by atoms with Crippen LogP contribution in [0.2, 0.25) is 0 Å². The quantitative estimate of drug-likeness (QED) is 0.875. The summed E-state index contributed by atoms with van der Waals surface area (Å²) in [5.41, 5.74) is 1.94. The van der Waals surface area contributed by atoms with Crippen molar-refractivity contribution < 1.29 is 4.79 Å². The highest BCUT2D eigenvalue weighted by Crippen LogP contribution is 2.19.